The van der Waals surface area contributed by atoms with Crippen molar-refractivity contribution < 1.29 is 9.53 Å². The molecule has 6 nitrogen and oxygen atoms in total. The van der Waals surface area contributed by atoms with E-state index in [1.165, 1.54) is 12.0 Å². The highest BCUT2D eigenvalue weighted by Crippen LogP contribution is 1.98. The first-order valence-corrected chi connectivity index (χ1v) is 4.63. The molecule has 84 valence electrons. The summed E-state index contributed by atoms with van der Waals surface area (Å²) in [4.78, 5) is 20.1. The maximum Gasteiger partial charge on any atom is 0.242 e. The number of aromatic amines is 1. The number of H-pyrrole nitrogens is 1. The second kappa shape index (κ2) is 5.47. The Hall–Kier alpha value is -1.40. The van der Waals surface area contributed by atoms with Gasteiger partial charge >= 0.3 is 0 Å². The molecule has 1 aromatic rings. The molecule has 0 spiro atoms. The standard InChI is InChI=1S/C9H16N4O2/c1-13(5-8-11-3-4-12-8)9(14)7(10)6-15-2/h3-4,7H,5-6,10H2,1-2H3,(H,11,12). The van der Waals surface area contributed by atoms with Crippen molar-refractivity contribution >= 4 is 5.91 Å². The monoisotopic (exact) mass is 212 g/mol. The van der Waals surface area contributed by atoms with Crippen LogP contribution in [-0.4, -0.2) is 47.6 Å². The van der Waals surface area contributed by atoms with Gasteiger partial charge in [-0.05, 0) is 0 Å². The third-order valence-corrected chi connectivity index (χ3v) is 1.98. The molecule has 0 saturated carbocycles. The second-order valence-corrected chi connectivity index (χ2v) is 3.29. The van der Waals surface area contributed by atoms with Crippen LogP contribution in [0.5, 0.6) is 0 Å². The van der Waals surface area contributed by atoms with Crippen molar-refractivity contribution in [3.63, 3.8) is 0 Å². The van der Waals surface area contributed by atoms with Crippen LogP contribution in [0, 0.1) is 0 Å². The lowest BCUT2D eigenvalue weighted by atomic mass is 10.3. The van der Waals surface area contributed by atoms with Crippen LogP contribution in [0.2, 0.25) is 0 Å². The summed E-state index contributed by atoms with van der Waals surface area (Å²) in [6.45, 7) is 0.643. The van der Waals surface area contributed by atoms with Gasteiger partial charge in [0.2, 0.25) is 5.91 Å². The normalized spacial score (nSPS) is 12.5. The molecule has 0 aliphatic heterocycles. The number of nitrogens with one attached hydrogen (secondary N) is 1. The third kappa shape index (κ3) is 3.34. The van der Waals surface area contributed by atoms with Gasteiger partial charge in [-0.1, -0.05) is 0 Å². The quantitative estimate of drug-likeness (QED) is 0.678. The summed E-state index contributed by atoms with van der Waals surface area (Å²) < 4.78 is 4.81. The largest absolute Gasteiger partial charge is 0.383 e. The van der Waals surface area contributed by atoms with Crippen molar-refractivity contribution in [2.75, 3.05) is 20.8 Å². The number of likely N-dealkylation sites (N-methyl/N-ethyl adjacent to an activating group) is 1. The van der Waals surface area contributed by atoms with E-state index in [2.05, 4.69) is 9.97 Å². The minimum Gasteiger partial charge on any atom is -0.383 e. The topological polar surface area (TPSA) is 84.2 Å². The Labute approximate surface area is 88.4 Å². The van der Waals surface area contributed by atoms with Crippen molar-refractivity contribution in [1.82, 2.24) is 14.9 Å². The molecule has 15 heavy (non-hydrogen) atoms. The molecule has 0 aliphatic rings. The number of imidazole rings is 1. The minimum atomic E-state index is -0.616. The highest BCUT2D eigenvalue weighted by Gasteiger charge is 2.18. The molecular weight excluding hydrogens is 196 g/mol. The van der Waals surface area contributed by atoms with E-state index >= 15 is 0 Å². The minimum absolute atomic E-state index is 0.159. The van der Waals surface area contributed by atoms with E-state index in [1.54, 1.807) is 19.4 Å². The van der Waals surface area contributed by atoms with E-state index < -0.39 is 6.04 Å². The number of carbonyl (C=O) groups is 1. The number of amides is 1. The second-order valence-electron chi connectivity index (χ2n) is 3.29. The van der Waals surface area contributed by atoms with Crippen LogP contribution >= 0.6 is 0 Å². The number of aromatic nitrogens is 2. The van der Waals surface area contributed by atoms with E-state index in [-0.39, 0.29) is 12.5 Å². The molecule has 6 heteroatoms. The van der Waals surface area contributed by atoms with Gasteiger partial charge in [-0.3, -0.25) is 4.79 Å². The Bertz CT molecular complexity index is 299. The van der Waals surface area contributed by atoms with E-state index in [9.17, 15) is 4.79 Å². The maximum atomic E-state index is 11.6. The van der Waals surface area contributed by atoms with Gasteiger partial charge < -0.3 is 20.4 Å². The van der Waals surface area contributed by atoms with Gasteiger partial charge in [0, 0.05) is 26.6 Å². The number of hydrogen-bond acceptors (Lipinski definition) is 4. The molecule has 0 saturated heterocycles. The van der Waals surface area contributed by atoms with Crippen molar-refractivity contribution in [3.8, 4) is 0 Å². The van der Waals surface area contributed by atoms with Crippen molar-refractivity contribution in [3.05, 3.63) is 18.2 Å². The highest BCUT2D eigenvalue weighted by molar-refractivity contribution is 5.81. The zero-order valence-corrected chi connectivity index (χ0v) is 8.93. The van der Waals surface area contributed by atoms with Crippen LogP contribution < -0.4 is 5.73 Å². The Balaban J connectivity index is 2.46. The molecule has 0 aromatic carbocycles. The molecule has 1 amide bonds. The third-order valence-electron chi connectivity index (χ3n) is 1.98. The summed E-state index contributed by atoms with van der Waals surface area (Å²) in [5.74, 6) is 0.573. The van der Waals surface area contributed by atoms with E-state index in [1.807, 2.05) is 0 Å². The molecule has 0 aliphatic carbocycles. The lowest BCUT2D eigenvalue weighted by Gasteiger charge is -2.19. The molecule has 1 aromatic heterocycles. The molecule has 1 rings (SSSR count). The van der Waals surface area contributed by atoms with Crippen molar-refractivity contribution in [1.29, 1.82) is 0 Å². The lowest BCUT2D eigenvalue weighted by molar-refractivity contribution is -0.133. The van der Waals surface area contributed by atoms with Crippen molar-refractivity contribution in [2.45, 2.75) is 12.6 Å². The summed E-state index contributed by atoms with van der Waals surface area (Å²) in [5, 5.41) is 0. The molecular formula is C9H16N4O2. The van der Waals surface area contributed by atoms with E-state index in [0.29, 0.717) is 6.54 Å². The molecule has 3 N–H and O–H groups in total. The Morgan fingerprint density at radius 3 is 3.07 bits per heavy atom. The predicted molar refractivity (Wildman–Crippen MR) is 54.9 cm³/mol. The summed E-state index contributed by atoms with van der Waals surface area (Å²) >= 11 is 0. The number of methoxy groups -OCH3 is 1. The molecule has 0 radical (unpaired) electrons. The predicted octanol–water partition coefficient (Wildman–Crippen LogP) is -0.658. The molecule has 1 heterocycles. The molecule has 1 atom stereocenters. The van der Waals surface area contributed by atoms with Gasteiger partial charge in [0.15, 0.2) is 0 Å². The highest BCUT2D eigenvalue weighted by atomic mass is 16.5. The van der Waals surface area contributed by atoms with Crippen LogP contribution in [-0.2, 0) is 16.1 Å². The zero-order valence-electron chi connectivity index (χ0n) is 8.93. The van der Waals surface area contributed by atoms with Crippen LogP contribution in [0.1, 0.15) is 5.82 Å². The van der Waals surface area contributed by atoms with Crippen molar-refractivity contribution in [2.24, 2.45) is 5.73 Å². The maximum absolute atomic E-state index is 11.6. The van der Waals surface area contributed by atoms with Gasteiger partial charge in [0.1, 0.15) is 11.9 Å². The average Bonchev–Trinajstić information content (AvgIpc) is 2.69. The number of ether oxygens (including phenoxy) is 1. The van der Waals surface area contributed by atoms with Gasteiger partial charge in [-0.25, -0.2) is 4.98 Å². The Morgan fingerprint density at radius 1 is 1.80 bits per heavy atom. The molecule has 1 unspecified atom stereocenters. The smallest absolute Gasteiger partial charge is 0.242 e. The SMILES string of the molecule is COCC(N)C(=O)N(C)Cc1ncc[nH]1. The lowest BCUT2D eigenvalue weighted by Crippen LogP contribution is -2.44. The number of nitrogens with two attached hydrogens (primary N) is 1. The van der Waals surface area contributed by atoms with E-state index in [0.717, 1.165) is 5.82 Å². The number of carbonyl (C=O) groups excluding carboxylic acids is 1. The first-order valence-electron chi connectivity index (χ1n) is 4.63. The van der Waals surface area contributed by atoms with Crippen LogP contribution in [0.25, 0.3) is 0 Å². The van der Waals surface area contributed by atoms with E-state index in [4.69, 9.17) is 10.5 Å². The molecule has 0 fully saturated rings. The number of hydrogen-bond donors (Lipinski definition) is 2. The molecule has 0 bridgehead atoms. The fourth-order valence-electron chi connectivity index (χ4n) is 1.22. The number of nitrogens with zero attached hydrogens (tertiary/aromatic N) is 2. The van der Waals surface area contributed by atoms with Gasteiger partial charge in [0.25, 0.3) is 0 Å². The van der Waals surface area contributed by atoms with Crippen LogP contribution in [0.4, 0.5) is 0 Å². The van der Waals surface area contributed by atoms with Crippen LogP contribution in [0.3, 0.4) is 0 Å². The van der Waals surface area contributed by atoms with Gasteiger partial charge in [-0.15, -0.1) is 0 Å². The first-order chi connectivity index (χ1) is 7.15. The van der Waals surface area contributed by atoms with Gasteiger partial charge in [0.05, 0.1) is 13.2 Å². The first kappa shape index (κ1) is 11.7. The Kier molecular flexibility index (Phi) is 4.26. The Morgan fingerprint density at radius 2 is 2.53 bits per heavy atom. The summed E-state index contributed by atoms with van der Waals surface area (Å²) in [5.41, 5.74) is 5.61. The van der Waals surface area contributed by atoms with Gasteiger partial charge in [-0.2, -0.15) is 0 Å². The number of rotatable bonds is 5. The summed E-state index contributed by atoms with van der Waals surface area (Å²) in [7, 11) is 3.19. The van der Waals surface area contributed by atoms with Crippen LogP contribution in [0.15, 0.2) is 12.4 Å². The fraction of sp³-hybridized carbons (Fsp3) is 0.556. The summed E-state index contributed by atoms with van der Waals surface area (Å²) in [6, 6.07) is -0.616. The fourth-order valence-corrected chi connectivity index (χ4v) is 1.22. The summed E-state index contributed by atoms with van der Waals surface area (Å²) in [6.07, 6.45) is 3.35. The average molecular weight is 212 g/mol. The zero-order chi connectivity index (χ0) is 11.3.